The van der Waals surface area contributed by atoms with E-state index < -0.39 is 153 Å². The number of aliphatic hydroxyl groups excluding tert-OH is 9. The molecule has 302 valence electrons. The summed E-state index contributed by atoms with van der Waals surface area (Å²) in [5.74, 6) is -8.24. The lowest BCUT2D eigenvalue weighted by Crippen LogP contribution is -2.68. The highest BCUT2D eigenvalue weighted by atomic mass is 16.8. The maximum absolute atomic E-state index is 12.8. The Balaban J connectivity index is 1.61. The van der Waals surface area contributed by atoms with Gasteiger partial charge in [-0.1, -0.05) is 0 Å². The first-order valence-corrected chi connectivity index (χ1v) is 15.4. The zero-order valence-corrected chi connectivity index (χ0v) is 27.1. The maximum atomic E-state index is 12.8. The molecule has 4 aliphatic heterocycles. The van der Waals surface area contributed by atoms with Crippen molar-refractivity contribution in [1.82, 2.24) is 0 Å². The van der Waals surface area contributed by atoms with Crippen molar-refractivity contribution >= 4 is 29.8 Å². The fraction of sp³-hybridized carbons (Fsp3) is 0.815. The third-order valence-electron chi connectivity index (χ3n) is 8.54. The Morgan fingerprint density at radius 3 is 1.38 bits per heavy atom. The van der Waals surface area contributed by atoms with E-state index in [1.54, 1.807) is 0 Å². The van der Waals surface area contributed by atoms with Gasteiger partial charge in [-0.3, -0.25) is 4.79 Å². The lowest BCUT2D eigenvalue weighted by molar-refractivity contribution is -0.378. The van der Waals surface area contributed by atoms with E-state index in [1.165, 1.54) is 0 Å². The molecule has 20 unspecified atom stereocenters. The zero-order valence-electron chi connectivity index (χ0n) is 27.1. The minimum absolute atomic E-state index is 0.803. The van der Waals surface area contributed by atoms with Crippen LogP contribution in [0.25, 0.3) is 0 Å². The first-order valence-electron chi connectivity index (χ1n) is 15.4. The van der Waals surface area contributed by atoms with Crippen LogP contribution in [0.4, 0.5) is 0 Å². The van der Waals surface area contributed by atoms with E-state index in [0.717, 1.165) is 14.0 Å². The summed E-state index contributed by atoms with van der Waals surface area (Å²) in [5.41, 5.74) is 0. The summed E-state index contributed by atoms with van der Waals surface area (Å²) in [5, 5.41) is 123. The van der Waals surface area contributed by atoms with E-state index in [2.05, 4.69) is 4.74 Å². The maximum Gasteiger partial charge on any atom is 0.337 e. The third-order valence-corrected chi connectivity index (χ3v) is 8.54. The summed E-state index contributed by atoms with van der Waals surface area (Å²) in [7, 11) is 0.810. The van der Waals surface area contributed by atoms with Crippen LogP contribution in [0, 0.1) is 0 Å². The number of carboxylic acids is 3. The van der Waals surface area contributed by atoms with Crippen LogP contribution in [-0.2, 0) is 66.6 Å². The van der Waals surface area contributed by atoms with Gasteiger partial charge in [-0.15, -0.1) is 0 Å². The van der Waals surface area contributed by atoms with Crippen LogP contribution in [0.5, 0.6) is 0 Å². The highest BCUT2D eigenvalue weighted by Crippen LogP contribution is 2.35. The number of ether oxygens (including phenoxy) is 9. The molecular formula is C27H38O26. The number of hydrogen-bond donors (Lipinski definition) is 12. The summed E-state index contributed by atoms with van der Waals surface area (Å²) in [4.78, 5) is 60.5. The number of carboxylic acid groups (broad SMARTS) is 3. The molecule has 4 aliphatic rings. The van der Waals surface area contributed by atoms with Gasteiger partial charge in [0, 0.05) is 6.92 Å². The summed E-state index contributed by atoms with van der Waals surface area (Å²) in [6, 6.07) is 0. The average molecular weight is 779 g/mol. The Hall–Kier alpha value is -3.29. The van der Waals surface area contributed by atoms with Crippen molar-refractivity contribution in [1.29, 1.82) is 0 Å². The molecule has 0 aromatic carbocycles. The molecule has 4 saturated heterocycles. The molecule has 26 heteroatoms. The first kappa shape index (κ1) is 42.5. The lowest BCUT2D eigenvalue weighted by Gasteiger charge is -2.48. The highest BCUT2D eigenvalue weighted by molar-refractivity contribution is 5.76. The second kappa shape index (κ2) is 17.0. The van der Waals surface area contributed by atoms with Gasteiger partial charge < -0.3 is 104 Å². The molecular weight excluding hydrogens is 740 g/mol. The van der Waals surface area contributed by atoms with E-state index in [1.807, 2.05) is 0 Å². The molecule has 0 aliphatic carbocycles. The van der Waals surface area contributed by atoms with Crippen LogP contribution < -0.4 is 0 Å². The van der Waals surface area contributed by atoms with Gasteiger partial charge in [0.1, 0.15) is 67.1 Å². The number of esters is 2. The van der Waals surface area contributed by atoms with Crippen LogP contribution in [0.3, 0.4) is 0 Å². The highest BCUT2D eigenvalue weighted by Gasteiger charge is 2.59. The largest absolute Gasteiger partial charge is 0.479 e. The molecule has 53 heavy (non-hydrogen) atoms. The fourth-order valence-electron chi connectivity index (χ4n) is 5.84. The van der Waals surface area contributed by atoms with Crippen LogP contribution in [0.1, 0.15) is 6.92 Å². The normalized spacial score (nSPS) is 46.2. The minimum atomic E-state index is -2.42. The Morgan fingerprint density at radius 1 is 0.453 bits per heavy atom. The van der Waals surface area contributed by atoms with Gasteiger partial charge in [0.2, 0.25) is 0 Å². The molecule has 0 aromatic heterocycles. The Kier molecular flexibility index (Phi) is 13.6. The van der Waals surface area contributed by atoms with Crippen LogP contribution in [0.15, 0.2) is 0 Å². The molecule has 4 rings (SSSR count). The molecule has 0 amide bonds. The van der Waals surface area contributed by atoms with Crippen molar-refractivity contribution in [3.05, 3.63) is 0 Å². The predicted molar refractivity (Wildman–Crippen MR) is 150 cm³/mol. The van der Waals surface area contributed by atoms with E-state index in [9.17, 15) is 85.3 Å². The second-order valence-corrected chi connectivity index (χ2v) is 12.1. The minimum Gasteiger partial charge on any atom is -0.479 e. The topological polar surface area (TPSA) is 411 Å². The average Bonchev–Trinajstić information content (AvgIpc) is 3.09. The third kappa shape index (κ3) is 8.67. The van der Waals surface area contributed by atoms with E-state index in [4.69, 9.17) is 37.9 Å². The number of carbonyl (C=O) groups excluding carboxylic acids is 2. The van der Waals surface area contributed by atoms with Gasteiger partial charge in [0.05, 0.1) is 7.11 Å². The summed E-state index contributed by atoms with van der Waals surface area (Å²) in [6.07, 6.45) is -45.1. The van der Waals surface area contributed by atoms with Gasteiger partial charge >= 0.3 is 29.8 Å². The quantitative estimate of drug-likeness (QED) is 0.0866. The van der Waals surface area contributed by atoms with Gasteiger partial charge in [-0.2, -0.15) is 0 Å². The number of rotatable bonds is 11. The molecule has 0 radical (unpaired) electrons. The van der Waals surface area contributed by atoms with Crippen molar-refractivity contribution in [3.8, 4) is 0 Å². The van der Waals surface area contributed by atoms with Crippen LogP contribution in [0.2, 0.25) is 0 Å². The van der Waals surface area contributed by atoms with Crippen LogP contribution in [-0.4, -0.2) is 221 Å². The number of aliphatic carboxylic acids is 3. The van der Waals surface area contributed by atoms with Crippen LogP contribution >= 0.6 is 0 Å². The van der Waals surface area contributed by atoms with Crippen molar-refractivity contribution in [2.75, 3.05) is 7.11 Å². The fourth-order valence-corrected chi connectivity index (χ4v) is 5.84. The van der Waals surface area contributed by atoms with Gasteiger partial charge in [-0.25, -0.2) is 19.2 Å². The van der Waals surface area contributed by atoms with E-state index in [0.29, 0.717) is 0 Å². The summed E-state index contributed by atoms with van der Waals surface area (Å²) < 4.78 is 46.3. The SMILES string of the molecule is COC(=O)C1OC(OC2C(C(=O)O)OC(O)C(O)C2O)C(O)C(O)C1OC1OC(C(=O)O)C(OC2OC(C(=O)O)C(O)C(O)C2O)C(O)C1OC(C)=O. The number of methoxy groups -OCH3 is 1. The predicted octanol–water partition coefficient (Wildman–Crippen LogP) is -8.72. The van der Waals surface area contributed by atoms with E-state index in [-0.39, 0.29) is 0 Å². The molecule has 0 spiro atoms. The zero-order chi connectivity index (χ0) is 39.8. The standard InChI is InChI=1S/C27H38O26/c1-3(28)46-16-11(36)14(49-25-9(34)4(29)5(30)15(51-25)20(37)38)18(22(41)42)52-27(16)50-13-7(32)10(35)26(53-19(13)24(44)45-2)48-12-6(31)8(33)23(43)47-17(12)21(39)40/h4-19,23,25-27,29-36,43H,1-2H3,(H,37,38)(H,39,40)(H,41,42). The van der Waals surface area contributed by atoms with Crippen molar-refractivity contribution < 1.29 is 128 Å². The van der Waals surface area contributed by atoms with Crippen molar-refractivity contribution in [2.24, 2.45) is 0 Å². The number of hydrogen-bond acceptors (Lipinski definition) is 23. The second-order valence-electron chi connectivity index (χ2n) is 12.1. The molecule has 4 heterocycles. The monoisotopic (exact) mass is 778 g/mol. The Bertz CT molecular complexity index is 1350. The lowest BCUT2D eigenvalue weighted by atomic mass is 9.95. The van der Waals surface area contributed by atoms with Gasteiger partial charge in [0.15, 0.2) is 55.7 Å². The molecule has 4 fully saturated rings. The molecule has 0 saturated carbocycles. The Morgan fingerprint density at radius 2 is 0.868 bits per heavy atom. The summed E-state index contributed by atoms with van der Waals surface area (Å²) in [6.45, 7) is 0.803. The molecule has 0 aromatic rings. The van der Waals surface area contributed by atoms with E-state index >= 15 is 0 Å². The molecule has 0 bridgehead atoms. The number of aliphatic hydroxyl groups is 9. The van der Waals surface area contributed by atoms with Gasteiger partial charge in [0.25, 0.3) is 0 Å². The molecule has 12 N–H and O–H groups in total. The molecule has 26 nitrogen and oxygen atoms in total. The van der Waals surface area contributed by atoms with Gasteiger partial charge in [-0.05, 0) is 0 Å². The number of carbonyl (C=O) groups is 5. The van der Waals surface area contributed by atoms with Crippen molar-refractivity contribution in [2.45, 2.75) is 130 Å². The summed E-state index contributed by atoms with van der Waals surface area (Å²) >= 11 is 0. The smallest absolute Gasteiger partial charge is 0.337 e. The Labute approximate surface area is 295 Å². The first-order chi connectivity index (χ1) is 24.7. The molecule has 20 atom stereocenters. The van der Waals surface area contributed by atoms with Crippen molar-refractivity contribution in [3.63, 3.8) is 0 Å².